The number of piperidine rings is 2. The number of aromatic nitrogens is 3. The van der Waals surface area contributed by atoms with Crippen molar-refractivity contribution in [2.24, 2.45) is 5.41 Å². The van der Waals surface area contributed by atoms with Crippen molar-refractivity contribution in [3.05, 3.63) is 83.4 Å². The van der Waals surface area contributed by atoms with Gasteiger partial charge in [0.2, 0.25) is 17.7 Å². The molecule has 7 heterocycles. The van der Waals surface area contributed by atoms with E-state index < -0.39 is 18.0 Å². The molecule has 1 spiro atoms. The third-order valence-electron chi connectivity index (χ3n) is 11.1. The van der Waals surface area contributed by atoms with Crippen LogP contribution in [0.15, 0.2) is 60.9 Å². The van der Waals surface area contributed by atoms with Gasteiger partial charge in [0.05, 0.1) is 29.8 Å². The van der Waals surface area contributed by atoms with E-state index in [1.54, 1.807) is 16.7 Å². The molecule has 8 rings (SSSR count). The number of amides is 4. The molecule has 1 atom stereocenters. The van der Waals surface area contributed by atoms with Crippen molar-refractivity contribution in [2.45, 2.75) is 63.9 Å². The van der Waals surface area contributed by atoms with E-state index in [-0.39, 0.29) is 52.5 Å². The number of hydrogen-bond acceptors (Lipinski definition) is 9. The monoisotopic (exact) mass is 754 g/mol. The number of carbonyl (C=O) groups is 4. The maximum atomic E-state index is 13.3. The molecule has 4 aliphatic heterocycles. The van der Waals surface area contributed by atoms with Crippen molar-refractivity contribution in [3.8, 4) is 5.75 Å². The number of fused-ring (bicyclic) bond motifs is 1. The predicted molar refractivity (Wildman–Crippen MR) is 199 cm³/mol. The Morgan fingerprint density at radius 3 is 2.42 bits per heavy atom. The number of pyridine rings is 2. The Morgan fingerprint density at radius 2 is 1.73 bits per heavy atom. The number of ether oxygens (including phenoxy) is 1. The molecule has 1 unspecified atom stereocenters. The van der Waals surface area contributed by atoms with Gasteiger partial charge in [0, 0.05) is 68.1 Å². The van der Waals surface area contributed by atoms with E-state index >= 15 is 0 Å². The lowest BCUT2D eigenvalue weighted by molar-refractivity contribution is -0.146. The summed E-state index contributed by atoms with van der Waals surface area (Å²) >= 11 is 0. The molecule has 4 aliphatic rings. The second kappa shape index (κ2) is 14.7. The summed E-state index contributed by atoms with van der Waals surface area (Å²) in [6.45, 7) is 8.94. The fourth-order valence-electron chi connectivity index (χ4n) is 8.27. The van der Waals surface area contributed by atoms with Crippen molar-refractivity contribution in [3.63, 3.8) is 0 Å². The van der Waals surface area contributed by atoms with Gasteiger partial charge in [-0.15, -0.1) is 0 Å². The molecule has 3 aromatic heterocycles. The molecule has 4 amide bonds. The maximum Gasteiger partial charge on any atom is 0.280 e. The lowest BCUT2D eigenvalue weighted by Gasteiger charge is -2.61. The highest BCUT2D eigenvalue weighted by atomic mass is 19.3. The molecule has 0 saturated carbocycles. The van der Waals surface area contributed by atoms with Gasteiger partial charge in [0.15, 0.2) is 0 Å². The number of anilines is 2. The summed E-state index contributed by atoms with van der Waals surface area (Å²) in [7, 11) is 0. The van der Waals surface area contributed by atoms with Crippen LogP contribution in [-0.2, 0) is 14.4 Å². The number of likely N-dealkylation sites (tertiary alicyclic amines) is 2. The van der Waals surface area contributed by atoms with E-state index in [9.17, 15) is 28.0 Å². The molecule has 4 aromatic rings. The number of nitrogens with zero attached hydrogens (tertiary/aromatic N) is 6. The Hall–Kier alpha value is -5.44. The minimum absolute atomic E-state index is 0.0194. The van der Waals surface area contributed by atoms with Crippen LogP contribution in [0.5, 0.6) is 5.75 Å². The Labute approximate surface area is 317 Å². The normalized spacial score (nSPS) is 20.1. The number of imidazole rings is 1. The Bertz CT molecular complexity index is 2120. The van der Waals surface area contributed by atoms with Crippen LogP contribution in [0, 0.1) is 5.41 Å². The first-order valence-corrected chi connectivity index (χ1v) is 18.9. The van der Waals surface area contributed by atoms with Gasteiger partial charge in [-0.2, -0.15) is 0 Å². The number of alkyl halides is 2. The highest BCUT2D eigenvalue weighted by Crippen LogP contribution is 2.42. The molecule has 4 fully saturated rings. The fourth-order valence-corrected chi connectivity index (χ4v) is 8.27. The van der Waals surface area contributed by atoms with Gasteiger partial charge in [-0.1, -0.05) is 18.2 Å². The van der Waals surface area contributed by atoms with Gasteiger partial charge >= 0.3 is 0 Å². The number of carbonyl (C=O) groups excluding carboxylic acids is 4. The van der Waals surface area contributed by atoms with E-state index in [0.29, 0.717) is 30.8 Å². The highest BCUT2D eigenvalue weighted by molar-refractivity contribution is 6.06. The van der Waals surface area contributed by atoms with Gasteiger partial charge in [0.1, 0.15) is 22.9 Å². The third-order valence-corrected chi connectivity index (χ3v) is 11.1. The Morgan fingerprint density at radius 1 is 0.982 bits per heavy atom. The standard InChI is InChI=1S/C40H44F2N8O5/c1-24(2)55-32-16-34-44-31(18-48(34)17-29(32)39(54)45-33-5-3-4-30(43-33)37(41)42)26-12-14-47(15-13-26)19-36(52)50-22-40(23-50)20-49(21-40)27-8-6-25(7-9-27)28-10-11-35(51)46-38(28)53/h3-9,16-18,24,26,28,37H,10-15,19-23H2,1-2H3,(H,43,45,54)(H,46,51,53). The Kier molecular flexibility index (Phi) is 9.74. The minimum Gasteiger partial charge on any atom is -0.490 e. The highest BCUT2D eigenvalue weighted by Gasteiger charge is 2.53. The van der Waals surface area contributed by atoms with Crippen molar-refractivity contribution in [1.29, 1.82) is 0 Å². The molecule has 15 heteroatoms. The van der Waals surface area contributed by atoms with Crippen molar-refractivity contribution >= 4 is 40.8 Å². The van der Waals surface area contributed by atoms with Gasteiger partial charge in [-0.05, 0) is 76.0 Å². The van der Waals surface area contributed by atoms with Crippen molar-refractivity contribution < 1.29 is 32.7 Å². The first-order chi connectivity index (χ1) is 26.4. The maximum absolute atomic E-state index is 13.3. The molecule has 13 nitrogen and oxygen atoms in total. The van der Waals surface area contributed by atoms with E-state index in [2.05, 4.69) is 25.4 Å². The van der Waals surface area contributed by atoms with Crippen LogP contribution < -0.4 is 20.3 Å². The molecular formula is C40H44F2N8O5. The summed E-state index contributed by atoms with van der Waals surface area (Å²) in [5, 5.41) is 5.05. The van der Waals surface area contributed by atoms with Crippen LogP contribution in [0.3, 0.4) is 0 Å². The average molecular weight is 755 g/mol. The predicted octanol–water partition coefficient (Wildman–Crippen LogP) is 4.75. The summed E-state index contributed by atoms with van der Waals surface area (Å²) in [5.74, 6) is -0.573. The number of benzene rings is 1. The second-order valence-electron chi connectivity index (χ2n) is 15.6. The van der Waals surface area contributed by atoms with Gasteiger partial charge in [0.25, 0.3) is 12.3 Å². The summed E-state index contributed by atoms with van der Waals surface area (Å²) in [6, 6.07) is 13.8. The van der Waals surface area contributed by atoms with Gasteiger partial charge in [-0.3, -0.25) is 29.4 Å². The van der Waals surface area contributed by atoms with Crippen LogP contribution in [0.25, 0.3) is 5.65 Å². The molecule has 1 aromatic carbocycles. The summed E-state index contributed by atoms with van der Waals surface area (Å²) < 4.78 is 34.1. The topological polar surface area (TPSA) is 141 Å². The van der Waals surface area contributed by atoms with E-state index in [4.69, 9.17) is 9.72 Å². The number of hydrogen-bond donors (Lipinski definition) is 2. The van der Waals surface area contributed by atoms with Crippen LogP contribution in [-0.4, -0.2) is 99.7 Å². The molecular weight excluding hydrogens is 710 g/mol. The summed E-state index contributed by atoms with van der Waals surface area (Å²) in [5.41, 5.74) is 3.48. The molecule has 55 heavy (non-hydrogen) atoms. The minimum atomic E-state index is -2.76. The van der Waals surface area contributed by atoms with E-state index in [1.165, 1.54) is 18.2 Å². The number of imide groups is 1. The third kappa shape index (κ3) is 7.62. The van der Waals surface area contributed by atoms with Crippen LogP contribution in [0.1, 0.15) is 85.1 Å². The van der Waals surface area contributed by atoms with Crippen molar-refractivity contribution in [2.75, 3.05) is 56.0 Å². The molecule has 288 valence electrons. The lowest BCUT2D eigenvalue weighted by Crippen LogP contribution is -2.73. The Balaban J connectivity index is 0.823. The molecule has 0 bridgehead atoms. The smallest absolute Gasteiger partial charge is 0.280 e. The first kappa shape index (κ1) is 36.5. The molecule has 4 saturated heterocycles. The summed E-state index contributed by atoms with van der Waals surface area (Å²) in [4.78, 5) is 65.6. The SMILES string of the molecule is CC(C)Oc1cc2nc(C3CCN(CC(=O)N4CC5(C4)CN(c4ccc(C6CCC(=O)NC6=O)cc4)C5)CC3)cn2cc1C(=O)Nc1cccc(C(F)F)n1. The zero-order valence-corrected chi connectivity index (χ0v) is 30.8. The fraction of sp³-hybridized carbons (Fsp3) is 0.450. The first-order valence-electron chi connectivity index (χ1n) is 18.9. The van der Waals surface area contributed by atoms with Gasteiger partial charge < -0.3 is 24.3 Å². The van der Waals surface area contributed by atoms with Crippen LogP contribution in [0.2, 0.25) is 0 Å². The van der Waals surface area contributed by atoms with E-state index in [0.717, 1.165) is 69.1 Å². The lowest BCUT2D eigenvalue weighted by atomic mass is 9.72. The van der Waals surface area contributed by atoms with Crippen LogP contribution in [0.4, 0.5) is 20.3 Å². The average Bonchev–Trinajstić information content (AvgIpc) is 3.54. The van der Waals surface area contributed by atoms with Gasteiger partial charge in [-0.25, -0.2) is 18.7 Å². The zero-order valence-electron chi connectivity index (χ0n) is 30.8. The zero-order chi connectivity index (χ0) is 38.4. The molecule has 0 aliphatic carbocycles. The van der Waals surface area contributed by atoms with Crippen molar-refractivity contribution in [1.82, 2.24) is 29.5 Å². The number of rotatable bonds is 10. The largest absolute Gasteiger partial charge is 0.490 e. The molecule has 0 radical (unpaired) electrons. The quantitative estimate of drug-likeness (QED) is 0.220. The van der Waals surface area contributed by atoms with Crippen LogP contribution >= 0.6 is 0 Å². The summed E-state index contributed by atoms with van der Waals surface area (Å²) in [6.07, 6.45) is 3.15. The number of halogens is 2. The molecule has 2 N–H and O–H groups in total. The van der Waals surface area contributed by atoms with E-state index in [1.807, 2.05) is 49.2 Å². The number of nitrogens with one attached hydrogen (secondary N) is 2. The second-order valence-corrected chi connectivity index (χ2v) is 15.6.